The Labute approximate surface area is 156 Å². The van der Waals surface area contributed by atoms with Crippen molar-refractivity contribution in [1.29, 1.82) is 0 Å². The molecule has 2 aromatic carbocycles. The molecule has 5 nitrogen and oxygen atoms in total. The summed E-state index contributed by atoms with van der Waals surface area (Å²) >= 11 is 11.7. The molecule has 1 N–H and O–H groups in total. The Morgan fingerprint density at radius 2 is 1.80 bits per heavy atom. The van der Waals surface area contributed by atoms with Crippen molar-refractivity contribution in [3.8, 4) is 0 Å². The van der Waals surface area contributed by atoms with E-state index in [1.165, 1.54) is 28.6 Å². The predicted octanol–water partition coefficient (Wildman–Crippen LogP) is 3.79. The van der Waals surface area contributed by atoms with Crippen LogP contribution in [0.25, 0.3) is 0 Å². The lowest BCUT2D eigenvalue weighted by Crippen LogP contribution is -2.43. The van der Waals surface area contributed by atoms with Gasteiger partial charge in [0.05, 0.1) is 4.90 Å². The number of nitrogens with zero attached hydrogens (tertiary/aromatic N) is 1. The van der Waals surface area contributed by atoms with E-state index in [4.69, 9.17) is 23.2 Å². The Kier molecular flexibility index (Phi) is 5.34. The van der Waals surface area contributed by atoms with Crippen LogP contribution >= 0.6 is 23.2 Å². The van der Waals surface area contributed by atoms with Crippen LogP contribution in [0.4, 0.5) is 5.69 Å². The highest BCUT2D eigenvalue weighted by molar-refractivity contribution is 7.89. The van der Waals surface area contributed by atoms with E-state index in [2.05, 4.69) is 5.32 Å². The molecular weight excluding hydrogens is 383 g/mol. The van der Waals surface area contributed by atoms with Crippen molar-refractivity contribution in [2.24, 2.45) is 0 Å². The van der Waals surface area contributed by atoms with E-state index in [-0.39, 0.29) is 10.8 Å². The van der Waals surface area contributed by atoms with E-state index in [0.717, 1.165) is 0 Å². The first-order chi connectivity index (χ1) is 11.9. The summed E-state index contributed by atoms with van der Waals surface area (Å²) in [5.74, 6) is -0.364. The van der Waals surface area contributed by atoms with Crippen LogP contribution in [0.1, 0.15) is 12.8 Å². The molecule has 1 amide bonds. The molecule has 2 aromatic rings. The van der Waals surface area contributed by atoms with E-state index in [1.807, 2.05) is 0 Å². The maximum atomic E-state index is 12.8. The van der Waals surface area contributed by atoms with Crippen molar-refractivity contribution in [3.63, 3.8) is 0 Å². The van der Waals surface area contributed by atoms with Crippen LogP contribution in [0, 0.1) is 0 Å². The fraction of sp³-hybridized carbons (Fsp3) is 0.235. The molecule has 25 heavy (non-hydrogen) atoms. The smallest absolute Gasteiger partial charge is 0.243 e. The van der Waals surface area contributed by atoms with Crippen LogP contribution in [0.3, 0.4) is 0 Å². The largest absolute Gasteiger partial charge is 0.325 e. The number of hydrogen-bond donors (Lipinski definition) is 1. The number of amides is 1. The van der Waals surface area contributed by atoms with Crippen molar-refractivity contribution < 1.29 is 13.2 Å². The normalized spacial score (nSPS) is 18.2. The van der Waals surface area contributed by atoms with Gasteiger partial charge in [-0.2, -0.15) is 4.31 Å². The first-order valence-electron chi connectivity index (χ1n) is 7.72. The van der Waals surface area contributed by atoms with Crippen molar-refractivity contribution >= 4 is 44.8 Å². The standard InChI is InChI=1S/C17H16Cl2N2O3S/c18-12-6-8-15(9-7-12)25(23,24)21-10-2-5-16(21)17(22)20-14-4-1-3-13(19)11-14/h1,3-4,6-9,11,16H,2,5,10H2,(H,20,22). The van der Waals surface area contributed by atoms with Crippen LogP contribution in [0.5, 0.6) is 0 Å². The number of benzene rings is 2. The highest BCUT2D eigenvalue weighted by Gasteiger charge is 2.39. The molecule has 1 aliphatic heterocycles. The van der Waals surface area contributed by atoms with Crippen LogP contribution in [0.2, 0.25) is 10.0 Å². The lowest BCUT2D eigenvalue weighted by Gasteiger charge is -2.23. The highest BCUT2D eigenvalue weighted by atomic mass is 35.5. The second kappa shape index (κ2) is 7.33. The number of sulfonamides is 1. The van der Waals surface area contributed by atoms with Gasteiger partial charge in [0.15, 0.2) is 0 Å². The Bertz CT molecular complexity index is 885. The number of carbonyl (C=O) groups is 1. The van der Waals surface area contributed by atoms with Gasteiger partial charge in [0.2, 0.25) is 15.9 Å². The molecule has 1 fully saturated rings. The van der Waals surface area contributed by atoms with E-state index >= 15 is 0 Å². The zero-order valence-corrected chi connectivity index (χ0v) is 15.5. The summed E-state index contributed by atoms with van der Waals surface area (Å²) in [5.41, 5.74) is 0.535. The van der Waals surface area contributed by atoms with Gasteiger partial charge in [-0.3, -0.25) is 4.79 Å². The summed E-state index contributed by atoms with van der Waals surface area (Å²) in [4.78, 5) is 12.7. The number of carbonyl (C=O) groups excluding carboxylic acids is 1. The molecular formula is C17H16Cl2N2O3S. The maximum absolute atomic E-state index is 12.8. The van der Waals surface area contributed by atoms with Crippen LogP contribution < -0.4 is 5.32 Å². The third-order valence-corrected chi connectivity index (χ3v) is 6.43. The maximum Gasteiger partial charge on any atom is 0.243 e. The molecule has 0 radical (unpaired) electrons. The lowest BCUT2D eigenvalue weighted by molar-refractivity contribution is -0.119. The molecule has 3 rings (SSSR count). The Morgan fingerprint density at radius 1 is 1.08 bits per heavy atom. The highest BCUT2D eigenvalue weighted by Crippen LogP contribution is 2.28. The first-order valence-corrected chi connectivity index (χ1v) is 9.91. The quantitative estimate of drug-likeness (QED) is 0.851. The van der Waals surface area contributed by atoms with Crippen molar-refractivity contribution in [3.05, 3.63) is 58.6 Å². The van der Waals surface area contributed by atoms with Crippen LogP contribution in [0.15, 0.2) is 53.4 Å². The first kappa shape index (κ1) is 18.2. The minimum Gasteiger partial charge on any atom is -0.325 e. The summed E-state index contributed by atoms with van der Waals surface area (Å²) in [6.07, 6.45) is 1.10. The summed E-state index contributed by atoms with van der Waals surface area (Å²) in [6.45, 7) is 0.304. The third kappa shape index (κ3) is 3.98. The Hall–Kier alpha value is -1.60. The molecule has 1 heterocycles. The second-order valence-electron chi connectivity index (χ2n) is 5.73. The summed E-state index contributed by atoms with van der Waals surface area (Å²) < 4.78 is 26.9. The van der Waals surface area contributed by atoms with Gasteiger partial charge in [0.25, 0.3) is 0 Å². The van der Waals surface area contributed by atoms with Gasteiger partial charge in [-0.1, -0.05) is 29.3 Å². The summed E-state index contributed by atoms with van der Waals surface area (Å²) in [6, 6.07) is 11.9. The number of hydrogen-bond acceptors (Lipinski definition) is 3. The van der Waals surface area contributed by atoms with Gasteiger partial charge >= 0.3 is 0 Å². The van der Waals surface area contributed by atoms with Crippen LogP contribution in [-0.2, 0) is 14.8 Å². The van der Waals surface area contributed by atoms with Gasteiger partial charge in [-0.05, 0) is 55.3 Å². The number of anilines is 1. The topological polar surface area (TPSA) is 66.5 Å². The molecule has 8 heteroatoms. The van der Waals surface area contributed by atoms with E-state index in [0.29, 0.717) is 35.1 Å². The average Bonchev–Trinajstić information content (AvgIpc) is 3.06. The van der Waals surface area contributed by atoms with Crippen molar-refractivity contribution in [2.45, 2.75) is 23.8 Å². The van der Waals surface area contributed by atoms with E-state index in [9.17, 15) is 13.2 Å². The molecule has 1 unspecified atom stereocenters. The molecule has 0 aliphatic carbocycles. The monoisotopic (exact) mass is 398 g/mol. The molecule has 1 atom stereocenters. The fourth-order valence-corrected chi connectivity index (χ4v) is 4.80. The molecule has 0 aromatic heterocycles. The van der Waals surface area contributed by atoms with Crippen LogP contribution in [-0.4, -0.2) is 31.2 Å². The molecule has 1 aliphatic rings. The SMILES string of the molecule is O=C(Nc1cccc(Cl)c1)C1CCCN1S(=O)(=O)c1ccc(Cl)cc1. The Morgan fingerprint density at radius 3 is 2.48 bits per heavy atom. The van der Waals surface area contributed by atoms with E-state index < -0.39 is 16.1 Å². The number of halogens is 2. The third-order valence-electron chi connectivity index (χ3n) is 4.02. The van der Waals surface area contributed by atoms with Gasteiger partial charge < -0.3 is 5.32 Å². The van der Waals surface area contributed by atoms with Gasteiger partial charge in [-0.15, -0.1) is 0 Å². The molecule has 1 saturated heterocycles. The van der Waals surface area contributed by atoms with E-state index in [1.54, 1.807) is 24.3 Å². The molecule has 0 saturated carbocycles. The number of rotatable bonds is 4. The minimum absolute atomic E-state index is 0.124. The zero-order chi connectivity index (χ0) is 18.0. The second-order valence-corrected chi connectivity index (χ2v) is 8.49. The molecule has 0 spiro atoms. The zero-order valence-electron chi connectivity index (χ0n) is 13.2. The summed E-state index contributed by atoms with van der Waals surface area (Å²) in [5, 5.41) is 3.69. The Balaban J connectivity index is 1.82. The average molecular weight is 399 g/mol. The van der Waals surface area contributed by atoms with Crippen molar-refractivity contribution in [2.75, 3.05) is 11.9 Å². The minimum atomic E-state index is -3.76. The van der Waals surface area contributed by atoms with Gasteiger partial charge in [-0.25, -0.2) is 8.42 Å². The van der Waals surface area contributed by atoms with Crippen molar-refractivity contribution in [1.82, 2.24) is 4.31 Å². The number of nitrogens with one attached hydrogen (secondary N) is 1. The van der Waals surface area contributed by atoms with Gasteiger partial charge in [0.1, 0.15) is 6.04 Å². The lowest BCUT2D eigenvalue weighted by atomic mass is 10.2. The van der Waals surface area contributed by atoms with Gasteiger partial charge in [0, 0.05) is 22.3 Å². The molecule has 0 bridgehead atoms. The molecule has 132 valence electrons. The summed E-state index contributed by atoms with van der Waals surface area (Å²) in [7, 11) is -3.76. The fourth-order valence-electron chi connectivity index (χ4n) is 2.82. The predicted molar refractivity (Wildman–Crippen MR) is 98.4 cm³/mol.